The molecule has 1 rings (SSSR count). The monoisotopic (exact) mass is 219 g/mol. The molecule has 1 aliphatic rings. The topological polar surface area (TPSA) is 20.2 Å². The number of quaternary nitrogens is 1. The first-order valence-electron chi connectivity index (χ1n) is 3.61. The lowest BCUT2D eigenvalue weighted by Gasteiger charge is -2.26. The number of hydrogen-bond donors (Lipinski definition) is 1. The fourth-order valence-corrected chi connectivity index (χ4v) is 1.52. The van der Waals surface area contributed by atoms with Crippen molar-refractivity contribution in [1.82, 2.24) is 0 Å². The van der Waals surface area contributed by atoms with Crippen LogP contribution in [0.3, 0.4) is 0 Å². The van der Waals surface area contributed by atoms with Gasteiger partial charge >= 0.3 is 0 Å². The number of aliphatic hydroxyl groups is 1. The molecule has 0 aromatic carbocycles. The number of likely N-dealkylation sites (N-methyl/N-ethyl adjacent to an activating group) is 1. The Morgan fingerprint density at radius 1 is 1.73 bits per heavy atom. The molecule has 11 heavy (non-hydrogen) atoms. The molecule has 0 radical (unpaired) electrons. The third-order valence-corrected chi connectivity index (χ3v) is 2.13. The summed E-state index contributed by atoms with van der Waals surface area (Å²) in [4.78, 5) is 0. The van der Waals surface area contributed by atoms with Gasteiger partial charge in [-0.2, -0.15) is 0 Å². The van der Waals surface area contributed by atoms with Crippen LogP contribution in [0, 0.1) is 12.3 Å². The van der Waals surface area contributed by atoms with E-state index in [-0.39, 0.29) is 23.1 Å². The number of nitrogens with zero attached hydrogens (tertiary/aromatic N) is 1. The van der Waals surface area contributed by atoms with Crippen molar-refractivity contribution in [3.63, 3.8) is 0 Å². The van der Waals surface area contributed by atoms with Crippen molar-refractivity contribution in [2.45, 2.75) is 12.5 Å². The minimum Gasteiger partial charge on any atom is -1.00 e. The van der Waals surface area contributed by atoms with Crippen LogP contribution in [0.4, 0.5) is 0 Å². The first-order valence-corrected chi connectivity index (χ1v) is 3.61. The molecule has 0 spiro atoms. The third kappa shape index (κ3) is 2.82. The summed E-state index contributed by atoms with van der Waals surface area (Å²) < 4.78 is 0.845. The molecule has 1 fully saturated rings. The van der Waals surface area contributed by atoms with Gasteiger partial charge in [0.2, 0.25) is 0 Å². The average molecular weight is 220 g/mol. The molecule has 0 aromatic heterocycles. The van der Waals surface area contributed by atoms with E-state index in [9.17, 15) is 5.11 Å². The van der Waals surface area contributed by atoms with Gasteiger partial charge in [-0.05, 0) is 5.92 Å². The zero-order chi connectivity index (χ0) is 7.61. The van der Waals surface area contributed by atoms with E-state index >= 15 is 0 Å². The lowest BCUT2D eigenvalue weighted by Crippen LogP contribution is -3.00. The highest BCUT2D eigenvalue weighted by atomic mass is 79.9. The quantitative estimate of drug-likeness (QED) is 0.365. The van der Waals surface area contributed by atoms with Crippen LogP contribution in [0.25, 0.3) is 0 Å². The zero-order valence-electron chi connectivity index (χ0n) is 6.76. The third-order valence-electron chi connectivity index (χ3n) is 2.13. The molecule has 1 saturated heterocycles. The summed E-state index contributed by atoms with van der Waals surface area (Å²) in [5, 5.41) is 9.21. The second kappa shape index (κ2) is 4.10. The number of halogens is 1. The normalized spacial score (nSPS) is 35.9. The predicted octanol–water partition coefficient (Wildman–Crippen LogP) is -3.17. The van der Waals surface area contributed by atoms with E-state index in [1.807, 2.05) is 0 Å². The first-order chi connectivity index (χ1) is 4.66. The summed E-state index contributed by atoms with van der Waals surface area (Å²) in [6.07, 6.45) is 5.97. The van der Waals surface area contributed by atoms with Gasteiger partial charge < -0.3 is 26.6 Å². The summed E-state index contributed by atoms with van der Waals surface area (Å²) in [5.74, 6) is 2.63. The molecule has 0 aromatic rings. The lowest BCUT2D eigenvalue weighted by molar-refractivity contribution is -0.891. The Morgan fingerprint density at radius 2 is 2.36 bits per heavy atom. The van der Waals surface area contributed by atoms with Gasteiger partial charge in [-0.25, -0.2) is 0 Å². The van der Waals surface area contributed by atoms with Gasteiger partial charge in [-0.1, -0.05) is 0 Å². The summed E-state index contributed by atoms with van der Waals surface area (Å²) in [7, 11) is 2.09. The molecule has 3 heteroatoms. The molecule has 0 aliphatic carbocycles. The standard InChI is InChI=1S/C8H14NO.BrH/c1-3-5-9(2)6-4-8(10)7-9;/h1,8,10H,4-7H2,2H3;1H/q+1;/p-1/t8-,9?;/m1./s1. The fraction of sp³-hybridized carbons (Fsp3) is 0.750. The summed E-state index contributed by atoms with van der Waals surface area (Å²) in [6, 6.07) is 0. The van der Waals surface area contributed by atoms with Gasteiger partial charge in [0, 0.05) is 6.42 Å². The van der Waals surface area contributed by atoms with E-state index in [1.165, 1.54) is 0 Å². The maximum absolute atomic E-state index is 9.21. The van der Waals surface area contributed by atoms with E-state index in [2.05, 4.69) is 13.0 Å². The van der Waals surface area contributed by atoms with Crippen LogP contribution in [0.1, 0.15) is 6.42 Å². The smallest absolute Gasteiger partial charge is 0.140 e. The minimum absolute atomic E-state index is 0. The van der Waals surface area contributed by atoms with E-state index in [4.69, 9.17) is 6.42 Å². The SMILES string of the molecule is C#CC[N+]1(C)CC[C@@H](O)C1.[Br-]. The molecule has 1 unspecified atom stereocenters. The van der Waals surface area contributed by atoms with Gasteiger partial charge in [0.25, 0.3) is 0 Å². The van der Waals surface area contributed by atoms with Crippen molar-refractivity contribution in [2.24, 2.45) is 0 Å². The fourth-order valence-electron chi connectivity index (χ4n) is 1.52. The molecule has 1 heterocycles. The van der Waals surface area contributed by atoms with E-state index in [0.29, 0.717) is 0 Å². The highest BCUT2D eigenvalue weighted by Gasteiger charge is 2.32. The molecule has 2 nitrogen and oxygen atoms in total. The number of hydrogen-bond acceptors (Lipinski definition) is 1. The van der Waals surface area contributed by atoms with Crippen molar-refractivity contribution in [3.8, 4) is 12.3 Å². The molecule has 0 amide bonds. The maximum Gasteiger partial charge on any atom is 0.140 e. The van der Waals surface area contributed by atoms with Gasteiger partial charge in [-0.3, -0.25) is 0 Å². The van der Waals surface area contributed by atoms with Crippen LogP contribution in [-0.2, 0) is 0 Å². The van der Waals surface area contributed by atoms with Gasteiger partial charge in [0.05, 0.1) is 13.6 Å². The lowest BCUT2D eigenvalue weighted by atomic mass is 10.3. The Bertz CT molecular complexity index is 166. The number of aliphatic hydroxyl groups excluding tert-OH is 1. The first kappa shape index (κ1) is 11.0. The molecule has 2 atom stereocenters. The van der Waals surface area contributed by atoms with Gasteiger partial charge in [0.15, 0.2) is 0 Å². The number of terminal acetylenes is 1. The molecular formula is C8H14BrNO. The van der Waals surface area contributed by atoms with Crippen molar-refractivity contribution >= 4 is 0 Å². The highest BCUT2D eigenvalue weighted by molar-refractivity contribution is 4.84. The molecule has 64 valence electrons. The van der Waals surface area contributed by atoms with Crippen molar-refractivity contribution in [2.75, 3.05) is 26.7 Å². The molecule has 0 saturated carbocycles. The van der Waals surface area contributed by atoms with E-state index in [0.717, 1.165) is 30.5 Å². The van der Waals surface area contributed by atoms with Gasteiger partial charge in [0.1, 0.15) is 19.2 Å². The minimum atomic E-state index is -0.127. The van der Waals surface area contributed by atoms with Crippen LogP contribution in [0.15, 0.2) is 0 Å². The van der Waals surface area contributed by atoms with Crippen LogP contribution in [-0.4, -0.2) is 42.4 Å². The van der Waals surface area contributed by atoms with Crippen LogP contribution in [0.5, 0.6) is 0 Å². The predicted molar refractivity (Wildman–Crippen MR) is 40.2 cm³/mol. The Labute approximate surface area is 78.6 Å². The average Bonchev–Trinajstić information content (AvgIpc) is 2.12. The summed E-state index contributed by atoms with van der Waals surface area (Å²) >= 11 is 0. The Hall–Kier alpha value is -0.0400. The van der Waals surface area contributed by atoms with E-state index in [1.54, 1.807) is 0 Å². The zero-order valence-corrected chi connectivity index (χ0v) is 8.34. The Morgan fingerprint density at radius 3 is 2.73 bits per heavy atom. The van der Waals surface area contributed by atoms with Crippen molar-refractivity contribution < 1.29 is 26.6 Å². The van der Waals surface area contributed by atoms with Gasteiger partial charge in [-0.15, -0.1) is 6.42 Å². The van der Waals surface area contributed by atoms with Crippen molar-refractivity contribution in [3.05, 3.63) is 0 Å². The number of likely N-dealkylation sites (tertiary alicyclic amines) is 1. The van der Waals surface area contributed by atoms with Crippen molar-refractivity contribution in [1.29, 1.82) is 0 Å². The second-order valence-electron chi connectivity index (χ2n) is 3.33. The summed E-state index contributed by atoms with van der Waals surface area (Å²) in [6.45, 7) is 2.59. The second-order valence-corrected chi connectivity index (χ2v) is 3.33. The largest absolute Gasteiger partial charge is 1.00 e. The maximum atomic E-state index is 9.21. The molecule has 0 bridgehead atoms. The van der Waals surface area contributed by atoms with E-state index < -0.39 is 0 Å². The Balaban J connectivity index is 0.000001000. The highest BCUT2D eigenvalue weighted by Crippen LogP contribution is 2.15. The van der Waals surface area contributed by atoms with Crippen LogP contribution >= 0.6 is 0 Å². The molecular weight excluding hydrogens is 206 g/mol. The Kier molecular flexibility index (Phi) is 4.09. The summed E-state index contributed by atoms with van der Waals surface area (Å²) in [5.41, 5.74) is 0. The van der Waals surface area contributed by atoms with Crippen LogP contribution < -0.4 is 17.0 Å². The number of rotatable bonds is 1. The molecule has 1 aliphatic heterocycles. The van der Waals surface area contributed by atoms with Crippen LogP contribution in [0.2, 0.25) is 0 Å². The molecule has 1 N–H and O–H groups in total.